The van der Waals surface area contributed by atoms with Crippen LogP contribution in [0.5, 0.6) is 0 Å². The molecule has 0 saturated carbocycles. The standard InChI is InChI=1S/C21H25N3O3/c1-23-19(4-3-5-20(23)25)24-13-12-22-15-18(24)14-17-8-6-16(7-9-17)10-11-21(26)27-2/h3-11,18,22H,12-15H2,1-2H3/b11-10+. The fraction of sp³-hybridized carbons (Fsp3) is 0.333. The molecule has 0 aliphatic carbocycles. The van der Waals surface area contributed by atoms with E-state index in [-0.39, 0.29) is 17.6 Å². The largest absolute Gasteiger partial charge is 0.466 e. The third-order valence-electron chi connectivity index (χ3n) is 4.87. The van der Waals surface area contributed by atoms with Gasteiger partial charge in [0, 0.05) is 44.9 Å². The normalized spacial score (nSPS) is 17.3. The number of piperazine rings is 1. The second kappa shape index (κ2) is 8.68. The zero-order valence-corrected chi connectivity index (χ0v) is 15.7. The van der Waals surface area contributed by atoms with Gasteiger partial charge >= 0.3 is 5.97 Å². The Balaban J connectivity index is 1.75. The van der Waals surface area contributed by atoms with E-state index in [4.69, 9.17) is 0 Å². The Bertz CT molecular complexity index is 871. The summed E-state index contributed by atoms with van der Waals surface area (Å²) in [6.07, 6.45) is 4.03. The van der Waals surface area contributed by atoms with Crippen molar-refractivity contribution in [2.45, 2.75) is 12.5 Å². The van der Waals surface area contributed by atoms with Crippen LogP contribution in [0.2, 0.25) is 0 Å². The molecule has 1 aromatic heterocycles. The Hall–Kier alpha value is -2.86. The number of methoxy groups -OCH3 is 1. The Morgan fingerprint density at radius 3 is 2.78 bits per heavy atom. The molecule has 1 aliphatic rings. The molecule has 3 rings (SSSR count). The lowest BCUT2D eigenvalue weighted by atomic mass is 10.0. The third kappa shape index (κ3) is 4.65. The molecule has 1 N–H and O–H groups in total. The van der Waals surface area contributed by atoms with Gasteiger partial charge in [-0.05, 0) is 29.7 Å². The molecule has 1 unspecified atom stereocenters. The van der Waals surface area contributed by atoms with E-state index < -0.39 is 0 Å². The summed E-state index contributed by atoms with van der Waals surface area (Å²) in [5.74, 6) is 0.586. The number of ether oxygens (including phenoxy) is 1. The highest BCUT2D eigenvalue weighted by Gasteiger charge is 2.24. The zero-order chi connectivity index (χ0) is 19.2. The van der Waals surface area contributed by atoms with E-state index in [0.29, 0.717) is 0 Å². The molecule has 0 bridgehead atoms. The van der Waals surface area contributed by atoms with Crippen molar-refractivity contribution in [2.75, 3.05) is 31.6 Å². The quantitative estimate of drug-likeness (QED) is 0.642. The molecule has 27 heavy (non-hydrogen) atoms. The summed E-state index contributed by atoms with van der Waals surface area (Å²) in [5.41, 5.74) is 2.17. The molecule has 0 amide bonds. The van der Waals surface area contributed by atoms with Crippen molar-refractivity contribution in [2.24, 2.45) is 7.05 Å². The van der Waals surface area contributed by atoms with Crippen molar-refractivity contribution < 1.29 is 9.53 Å². The average molecular weight is 367 g/mol. The first-order valence-corrected chi connectivity index (χ1v) is 9.07. The maximum atomic E-state index is 12.0. The van der Waals surface area contributed by atoms with Gasteiger partial charge in [-0.15, -0.1) is 0 Å². The van der Waals surface area contributed by atoms with E-state index in [1.165, 1.54) is 18.7 Å². The summed E-state index contributed by atoms with van der Waals surface area (Å²) < 4.78 is 6.31. The van der Waals surface area contributed by atoms with E-state index in [1.54, 1.807) is 16.7 Å². The average Bonchev–Trinajstić information content (AvgIpc) is 2.70. The Labute approximate surface area is 159 Å². The molecule has 2 aromatic rings. The molecule has 1 fully saturated rings. The number of hydrogen-bond acceptors (Lipinski definition) is 5. The molecule has 0 radical (unpaired) electrons. The van der Waals surface area contributed by atoms with Gasteiger partial charge in [0.2, 0.25) is 0 Å². The van der Waals surface area contributed by atoms with Crippen LogP contribution < -0.4 is 15.8 Å². The van der Waals surface area contributed by atoms with Gasteiger partial charge in [0.15, 0.2) is 0 Å². The van der Waals surface area contributed by atoms with Crippen LogP contribution in [0.3, 0.4) is 0 Å². The highest BCUT2D eigenvalue weighted by atomic mass is 16.5. The highest BCUT2D eigenvalue weighted by molar-refractivity contribution is 5.86. The topological polar surface area (TPSA) is 63.6 Å². The maximum absolute atomic E-state index is 12.0. The summed E-state index contributed by atoms with van der Waals surface area (Å²) in [6, 6.07) is 13.8. The van der Waals surface area contributed by atoms with Gasteiger partial charge in [-0.1, -0.05) is 30.3 Å². The first-order valence-electron chi connectivity index (χ1n) is 9.07. The molecule has 2 heterocycles. The first-order chi connectivity index (χ1) is 13.1. The van der Waals surface area contributed by atoms with Crippen LogP contribution in [-0.2, 0) is 23.0 Å². The number of rotatable bonds is 5. The van der Waals surface area contributed by atoms with Crippen molar-refractivity contribution in [1.82, 2.24) is 9.88 Å². The fourth-order valence-corrected chi connectivity index (χ4v) is 3.36. The minimum Gasteiger partial charge on any atom is -0.466 e. The summed E-state index contributed by atoms with van der Waals surface area (Å²) in [4.78, 5) is 25.5. The minimum atomic E-state index is -0.364. The number of anilines is 1. The predicted molar refractivity (Wildman–Crippen MR) is 107 cm³/mol. The molecule has 0 spiro atoms. The fourth-order valence-electron chi connectivity index (χ4n) is 3.36. The van der Waals surface area contributed by atoms with Crippen LogP contribution in [0.25, 0.3) is 6.08 Å². The lowest BCUT2D eigenvalue weighted by molar-refractivity contribution is -0.134. The van der Waals surface area contributed by atoms with Crippen molar-refractivity contribution in [1.29, 1.82) is 0 Å². The molecule has 1 atom stereocenters. The summed E-state index contributed by atoms with van der Waals surface area (Å²) in [7, 11) is 3.18. The second-order valence-corrected chi connectivity index (χ2v) is 6.63. The van der Waals surface area contributed by atoms with Gasteiger partial charge in [-0.3, -0.25) is 9.36 Å². The monoisotopic (exact) mass is 367 g/mol. The summed E-state index contributed by atoms with van der Waals surface area (Å²) in [5, 5.41) is 3.45. The summed E-state index contributed by atoms with van der Waals surface area (Å²) >= 11 is 0. The Kier molecular flexibility index (Phi) is 6.08. The van der Waals surface area contributed by atoms with E-state index in [0.717, 1.165) is 37.4 Å². The van der Waals surface area contributed by atoms with Crippen LogP contribution in [0, 0.1) is 0 Å². The smallest absolute Gasteiger partial charge is 0.330 e. The van der Waals surface area contributed by atoms with Crippen LogP contribution >= 0.6 is 0 Å². The number of carbonyl (C=O) groups is 1. The van der Waals surface area contributed by atoms with Gasteiger partial charge in [0.25, 0.3) is 5.56 Å². The van der Waals surface area contributed by atoms with E-state index in [1.807, 2.05) is 31.3 Å². The second-order valence-electron chi connectivity index (χ2n) is 6.63. The lowest BCUT2D eigenvalue weighted by Crippen LogP contribution is -2.53. The SMILES string of the molecule is COC(=O)/C=C/c1ccc(CC2CNCCN2c2cccc(=O)n2C)cc1. The van der Waals surface area contributed by atoms with Crippen LogP contribution in [-0.4, -0.2) is 43.3 Å². The van der Waals surface area contributed by atoms with Gasteiger partial charge < -0.3 is 15.0 Å². The zero-order valence-electron chi connectivity index (χ0n) is 15.7. The number of nitrogens with zero attached hydrogens (tertiary/aromatic N) is 2. The highest BCUT2D eigenvalue weighted by Crippen LogP contribution is 2.19. The van der Waals surface area contributed by atoms with Crippen LogP contribution in [0.4, 0.5) is 5.82 Å². The van der Waals surface area contributed by atoms with Crippen molar-refractivity contribution in [3.63, 3.8) is 0 Å². The number of pyridine rings is 1. The molecule has 1 aromatic carbocycles. The predicted octanol–water partition coefficient (Wildman–Crippen LogP) is 1.59. The van der Waals surface area contributed by atoms with E-state index >= 15 is 0 Å². The molecule has 6 heteroatoms. The van der Waals surface area contributed by atoms with Gasteiger partial charge in [-0.2, -0.15) is 0 Å². The van der Waals surface area contributed by atoms with Crippen molar-refractivity contribution >= 4 is 17.9 Å². The lowest BCUT2D eigenvalue weighted by Gasteiger charge is -2.38. The number of aromatic nitrogens is 1. The molecule has 1 aliphatic heterocycles. The van der Waals surface area contributed by atoms with Crippen LogP contribution in [0.15, 0.2) is 53.3 Å². The van der Waals surface area contributed by atoms with Gasteiger partial charge in [0.05, 0.1) is 7.11 Å². The molecule has 6 nitrogen and oxygen atoms in total. The molecule has 1 saturated heterocycles. The first kappa shape index (κ1) is 18.9. The number of nitrogens with one attached hydrogen (secondary N) is 1. The van der Waals surface area contributed by atoms with E-state index in [9.17, 15) is 9.59 Å². The van der Waals surface area contributed by atoms with Crippen molar-refractivity contribution in [3.05, 3.63) is 70.0 Å². The number of esters is 1. The minimum absolute atomic E-state index is 0.00605. The summed E-state index contributed by atoms with van der Waals surface area (Å²) in [6.45, 7) is 2.63. The van der Waals surface area contributed by atoms with Crippen LogP contribution in [0.1, 0.15) is 11.1 Å². The Morgan fingerprint density at radius 2 is 2.04 bits per heavy atom. The van der Waals surface area contributed by atoms with Gasteiger partial charge in [-0.25, -0.2) is 4.79 Å². The number of carbonyl (C=O) groups excluding carboxylic acids is 1. The van der Waals surface area contributed by atoms with Gasteiger partial charge in [0.1, 0.15) is 5.82 Å². The molecule has 142 valence electrons. The van der Waals surface area contributed by atoms with Crippen molar-refractivity contribution in [3.8, 4) is 0 Å². The number of hydrogen-bond donors (Lipinski definition) is 1. The van der Waals surface area contributed by atoms with E-state index in [2.05, 4.69) is 27.1 Å². The molecular formula is C21H25N3O3. The molecular weight excluding hydrogens is 342 g/mol. The maximum Gasteiger partial charge on any atom is 0.330 e. The third-order valence-corrected chi connectivity index (χ3v) is 4.87. The number of benzene rings is 1. The Morgan fingerprint density at radius 1 is 1.26 bits per heavy atom.